The number of hydrogen-bond donors (Lipinski definition) is 1. The van der Waals surface area contributed by atoms with Crippen LogP contribution in [0.5, 0.6) is 0 Å². The molecule has 3 rings (SSSR count). The summed E-state index contributed by atoms with van der Waals surface area (Å²) in [6.45, 7) is 11.1. The van der Waals surface area contributed by atoms with E-state index in [9.17, 15) is 9.59 Å². The molecule has 1 aromatic carbocycles. The smallest absolute Gasteiger partial charge is 0.239 e. The van der Waals surface area contributed by atoms with Crippen LogP contribution >= 0.6 is 0 Å². The molecule has 0 radical (unpaired) electrons. The first-order valence-electron chi connectivity index (χ1n) is 9.67. The van der Waals surface area contributed by atoms with Gasteiger partial charge in [-0.15, -0.1) is 0 Å². The van der Waals surface area contributed by atoms with E-state index in [0.717, 1.165) is 38.9 Å². The minimum Gasteiger partial charge on any atom is -0.362 e. The molecule has 2 heterocycles. The summed E-state index contributed by atoms with van der Waals surface area (Å²) in [5.74, 6) is 0.206. The molecule has 1 saturated heterocycles. The average molecular weight is 357 g/mol. The van der Waals surface area contributed by atoms with Crippen LogP contribution in [0.15, 0.2) is 18.2 Å². The second-order valence-corrected chi connectivity index (χ2v) is 8.61. The van der Waals surface area contributed by atoms with Crippen LogP contribution in [-0.4, -0.2) is 48.9 Å². The van der Waals surface area contributed by atoms with E-state index in [0.29, 0.717) is 6.54 Å². The van der Waals surface area contributed by atoms with Crippen LogP contribution in [-0.2, 0) is 21.4 Å². The average Bonchev–Trinajstić information content (AvgIpc) is 2.96. The molecule has 2 aliphatic rings. The number of anilines is 1. The van der Waals surface area contributed by atoms with Gasteiger partial charge in [0.25, 0.3) is 0 Å². The Bertz CT molecular complexity index is 685. The second kappa shape index (κ2) is 7.29. The van der Waals surface area contributed by atoms with Crippen molar-refractivity contribution in [2.24, 2.45) is 0 Å². The van der Waals surface area contributed by atoms with Crippen LogP contribution in [0.1, 0.15) is 51.7 Å². The van der Waals surface area contributed by atoms with Gasteiger partial charge in [0.1, 0.15) is 0 Å². The van der Waals surface area contributed by atoms with E-state index in [1.54, 1.807) is 6.92 Å². The third-order valence-electron chi connectivity index (χ3n) is 5.58. The fraction of sp³-hybridized carbons (Fsp3) is 0.619. The maximum atomic E-state index is 12.5. The summed E-state index contributed by atoms with van der Waals surface area (Å²) in [5.41, 5.74) is 4.04. The molecule has 0 aromatic heterocycles. The van der Waals surface area contributed by atoms with Gasteiger partial charge in [0.2, 0.25) is 11.8 Å². The molecule has 5 heteroatoms. The minimum atomic E-state index is 0.0824. The summed E-state index contributed by atoms with van der Waals surface area (Å²) in [4.78, 5) is 27.9. The molecular formula is C21H31N3O2. The molecular weight excluding hydrogens is 326 g/mol. The number of likely N-dealkylation sites (tertiary alicyclic amines) is 1. The van der Waals surface area contributed by atoms with Gasteiger partial charge in [-0.05, 0) is 41.9 Å². The number of rotatable bonds is 3. The summed E-state index contributed by atoms with van der Waals surface area (Å²) in [7, 11) is 0. The Morgan fingerprint density at radius 2 is 1.85 bits per heavy atom. The number of nitrogens with zero attached hydrogens (tertiary/aromatic N) is 2. The molecule has 0 unspecified atom stereocenters. The topological polar surface area (TPSA) is 52.7 Å². The van der Waals surface area contributed by atoms with Crippen molar-refractivity contribution in [3.8, 4) is 0 Å². The van der Waals surface area contributed by atoms with E-state index in [4.69, 9.17) is 0 Å². The molecule has 26 heavy (non-hydrogen) atoms. The summed E-state index contributed by atoms with van der Waals surface area (Å²) < 4.78 is 0. The number of hydrogen-bond acceptors (Lipinski definition) is 3. The summed E-state index contributed by atoms with van der Waals surface area (Å²) in [5, 5.41) is 3.15. The maximum Gasteiger partial charge on any atom is 0.239 e. The van der Waals surface area contributed by atoms with Gasteiger partial charge in [-0.25, -0.2) is 0 Å². The van der Waals surface area contributed by atoms with Crippen molar-refractivity contribution < 1.29 is 9.59 Å². The highest BCUT2D eigenvalue weighted by Crippen LogP contribution is 2.32. The van der Waals surface area contributed by atoms with Crippen LogP contribution in [0.3, 0.4) is 0 Å². The van der Waals surface area contributed by atoms with Crippen molar-refractivity contribution >= 4 is 17.5 Å². The standard InChI is InChI=1S/C21H31N3O2/c1-15(25)23-11-8-18(9-12-23)22-20(26)14-24-10-7-16-13-17(21(2,3)4)5-6-19(16)24/h5-6,13,18H,7-12,14H2,1-4H3,(H,22,26). The zero-order valence-electron chi connectivity index (χ0n) is 16.5. The lowest BCUT2D eigenvalue weighted by molar-refractivity contribution is -0.130. The van der Waals surface area contributed by atoms with Gasteiger partial charge in [-0.2, -0.15) is 0 Å². The van der Waals surface area contributed by atoms with Gasteiger partial charge in [0, 0.05) is 38.3 Å². The Balaban J connectivity index is 1.55. The highest BCUT2D eigenvalue weighted by Gasteiger charge is 2.26. The predicted molar refractivity (Wildman–Crippen MR) is 104 cm³/mol. The van der Waals surface area contributed by atoms with Crippen molar-refractivity contribution in [3.63, 3.8) is 0 Å². The van der Waals surface area contributed by atoms with Crippen molar-refractivity contribution in [1.82, 2.24) is 10.2 Å². The molecule has 2 aliphatic heterocycles. The third kappa shape index (κ3) is 4.19. The van der Waals surface area contributed by atoms with Gasteiger partial charge in [0.05, 0.1) is 6.54 Å². The van der Waals surface area contributed by atoms with Crippen molar-refractivity contribution in [2.75, 3.05) is 31.1 Å². The number of benzene rings is 1. The molecule has 0 bridgehead atoms. The Morgan fingerprint density at radius 1 is 1.15 bits per heavy atom. The number of amides is 2. The monoisotopic (exact) mass is 357 g/mol. The van der Waals surface area contributed by atoms with E-state index in [2.05, 4.69) is 49.2 Å². The Kier molecular flexibility index (Phi) is 5.26. The van der Waals surface area contributed by atoms with Crippen LogP contribution in [0.4, 0.5) is 5.69 Å². The molecule has 0 saturated carbocycles. The zero-order chi connectivity index (χ0) is 18.9. The van der Waals surface area contributed by atoms with E-state index < -0.39 is 0 Å². The van der Waals surface area contributed by atoms with Crippen molar-refractivity contribution in [3.05, 3.63) is 29.3 Å². The largest absolute Gasteiger partial charge is 0.362 e. The number of nitrogens with one attached hydrogen (secondary N) is 1. The molecule has 1 aromatic rings. The van der Waals surface area contributed by atoms with Crippen LogP contribution in [0.25, 0.3) is 0 Å². The number of piperidine rings is 1. The Hall–Kier alpha value is -2.04. The molecule has 5 nitrogen and oxygen atoms in total. The first-order valence-corrected chi connectivity index (χ1v) is 9.67. The lowest BCUT2D eigenvalue weighted by Crippen LogP contribution is -2.48. The molecule has 0 aliphatic carbocycles. The van der Waals surface area contributed by atoms with Crippen molar-refractivity contribution in [2.45, 2.75) is 58.4 Å². The Labute approximate surface area is 156 Å². The van der Waals surface area contributed by atoms with E-state index >= 15 is 0 Å². The van der Waals surface area contributed by atoms with Gasteiger partial charge in [0.15, 0.2) is 0 Å². The van der Waals surface area contributed by atoms with Crippen LogP contribution in [0, 0.1) is 0 Å². The van der Waals surface area contributed by atoms with Gasteiger partial charge in [-0.1, -0.05) is 32.9 Å². The summed E-state index contributed by atoms with van der Waals surface area (Å²) >= 11 is 0. The SMILES string of the molecule is CC(=O)N1CCC(NC(=O)CN2CCc3cc(C(C)(C)C)ccc32)CC1. The molecule has 142 valence electrons. The highest BCUT2D eigenvalue weighted by molar-refractivity contribution is 5.82. The highest BCUT2D eigenvalue weighted by atomic mass is 16.2. The quantitative estimate of drug-likeness (QED) is 0.904. The van der Waals surface area contributed by atoms with E-state index in [-0.39, 0.29) is 23.3 Å². The molecule has 0 atom stereocenters. The maximum absolute atomic E-state index is 12.5. The van der Waals surface area contributed by atoms with E-state index in [1.165, 1.54) is 16.8 Å². The lowest BCUT2D eigenvalue weighted by atomic mass is 9.86. The summed E-state index contributed by atoms with van der Waals surface area (Å²) in [6.07, 6.45) is 2.69. The number of fused-ring (bicyclic) bond motifs is 1. The van der Waals surface area contributed by atoms with Crippen molar-refractivity contribution in [1.29, 1.82) is 0 Å². The Morgan fingerprint density at radius 3 is 2.46 bits per heavy atom. The normalized spacial score (nSPS) is 18.0. The molecule has 2 amide bonds. The molecule has 0 spiro atoms. The fourth-order valence-corrected chi connectivity index (χ4v) is 3.89. The van der Waals surface area contributed by atoms with Gasteiger partial charge in [-0.3, -0.25) is 9.59 Å². The first-order chi connectivity index (χ1) is 12.2. The lowest BCUT2D eigenvalue weighted by Gasteiger charge is -2.32. The predicted octanol–water partition coefficient (Wildman–Crippen LogP) is 2.47. The van der Waals surface area contributed by atoms with Gasteiger partial charge < -0.3 is 15.1 Å². The van der Waals surface area contributed by atoms with Crippen LogP contribution in [0.2, 0.25) is 0 Å². The van der Waals surface area contributed by atoms with Crippen LogP contribution < -0.4 is 10.2 Å². The van der Waals surface area contributed by atoms with Gasteiger partial charge >= 0.3 is 0 Å². The number of carbonyl (C=O) groups excluding carboxylic acids is 2. The minimum absolute atomic E-state index is 0.0824. The third-order valence-corrected chi connectivity index (χ3v) is 5.58. The van der Waals surface area contributed by atoms with E-state index in [1.807, 2.05) is 4.90 Å². The summed E-state index contributed by atoms with van der Waals surface area (Å²) in [6, 6.07) is 6.84. The molecule has 1 N–H and O–H groups in total. The first kappa shape index (κ1) is 18.7. The number of carbonyl (C=O) groups is 2. The fourth-order valence-electron chi connectivity index (χ4n) is 3.89. The molecule has 1 fully saturated rings. The second-order valence-electron chi connectivity index (χ2n) is 8.61. The zero-order valence-corrected chi connectivity index (χ0v) is 16.5.